The molecule has 1 aliphatic carbocycles. The molecular weight excluding hydrogens is 282 g/mol. The van der Waals surface area contributed by atoms with Gasteiger partial charge in [-0.05, 0) is 26.7 Å². The van der Waals surface area contributed by atoms with E-state index in [1.54, 1.807) is 13.0 Å². The van der Waals surface area contributed by atoms with Gasteiger partial charge in [-0.15, -0.1) is 0 Å². The van der Waals surface area contributed by atoms with Crippen molar-refractivity contribution in [2.45, 2.75) is 50.8 Å². The molecule has 2 N–H and O–H groups in total. The second-order valence-electron chi connectivity index (χ2n) is 5.10. The molecule has 20 heavy (non-hydrogen) atoms. The first-order valence-corrected chi connectivity index (χ1v) is 8.18. The van der Waals surface area contributed by atoms with E-state index < -0.39 is 22.0 Å². The number of hydrogen-bond donors (Lipinski definition) is 2. The predicted octanol–water partition coefficient (Wildman–Crippen LogP) is 1.17. The maximum atomic E-state index is 12.1. The summed E-state index contributed by atoms with van der Waals surface area (Å²) in [6, 6.07) is 0.716. The zero-order chi connectivity index (χ0) is 14.8. The molecule has 112 valence electrons. The van der Waals surface area contributed by atoms with Crippen LogP contribution in [0.5, 0.6) is 0 Å². The summed E-state index contributed by atoms with van der Waals surface area (Å²) in [5, 5.41) is 5.75. The van der Waals surface area contributed by atoms with Gasteiger partial charge in [0.25, 0.3) is 0 Å². The first kappa shape index (κ1) is 15.0. The standard InChI is InChI=1S/C12H19N3O4S/c1-8-7-11(14-19-8)13-12(16)9(2)15-20(17,18)10-5-3-4-6-10/h7,9-10,15H,3-6H2,1-2H3,(H,13,14,16)/t9-/m0/s1. The van der Waals surface area contributed by atoms with Crippen LogP contribution in [-0.4, -0.2) is 30.8 Å². The average molecular weight is 301 g/mol. The highest BCUT2D eigenvalue weighted by Gasteiger charge is 2.31. The van der Waals surface area contributed by atoms with E-state index in [2.05, 4.69) is 15.2 Å². The molecule has 1 aromatic heterocycles. The van der Waals surface area contributed by atoms with Crippen LogP contribution in [0, 0.1) is 6.92 Å². The van der Waals surface area contributed by atoms with Crippen LogP contribution in [0.2, 0.25) is 0 Å². The number of nitrogens with zero attached hydrogens (tertiary/aromatic N) is 1. The summed E-state index contributed by atoms with van der Waals surface area (Å²) in [6.45, 7) is 3.21. The minimum Gasteiger partial charge on any atom is -0.360 e. The molecule has 2 rings (SSSR count). The summed E-state index contributed by atoms with van der Waals surface area (Å²) in [5.74, 6) is 0.388. The van der Waals surface area contributed by atoms with Gasteiger partial charge in [-0.25, -0.2) is 13.1 Å². The van der Waals surface area contributed by atoms with Crippen molar-refractivity contribution in [2.75, 3.05) is 5.32 Å². The first-order chi connectivity index (χ1) is 9.38. The quantitative estimate of drug-likeness (QED) is 0.850. The zero-order valence-electron chi connectivity index (χ0n) is 11.5. The van der Waals surface area contributed by atoms with E-state index in [0.717, 1.165) is 12.8 Å². The highest BCUT2D eigenvalue weighted by atomic mass is 32.2. The number of hydrogen-bond acceptors (Lipinski definition) is 5. The van der Waals surface area contributed by atoms with Gasteiger partial charge in [-0.1, -0.05) is 18.0 Å². The number of amides is 1. The minimum absolute atomic E-state index is 0.277. The van der Waals surface area contributed by atoms with E-state index in [0.29, 0.717) is 18.6 Å². The molecule has 8 heteroatoms. The molecule has 0 unspecified atom stereocenters. The number of sulfonamides is 1. The Balaban J connectivity index is 1.93. The number of carbonyl (C=O) groups is 1. The second kappa shape index (κ2) is 5.92. The molecule has 1 saturated carbocycles. The summed E-state index contributed by atoms with van der Waals surface area (Å²) in [7, 11) is -3.45. The molecule has 0 radical (unpaired) electrons. The Morgan fingerprint density at radius 3 is 2.65 bits per heavy atom. The Kier molecular flexibility index (Phi) is 4.44. The van der Waals surface area contributed by atoms with E-state index in [4.69, 9.17) is 4.52 Å². The van der Waals surface area contributed by atoms with Gasteiger partial charge in [0, 0.05) is 6.07 Å². The maximum absolute atomic E-state index is 12.1. The molecule has 0 aromatic carbocycles. The molecule has 1 aromatic rings. The number of aryl methyl sites for hydroxylation is 1. The van der Waals surface area contributed by atoms with Gasteiger partial charge in [0.1, 0.15) is 5.76 Å². The topological polar surface area (TPSA) is 101 Å². The van der Waals surface area contributed by atoms with Crippen molar-refractivity contribution in [2.24, 2.45) is 0 Å². The number of carbonyl (C=O) groups excluding carboxylic acids is 1. The van der Waals surface area contributed by atoms with E-state index in [9.17, 15) is 13.2 Å². The minimum atomic E-state index is -3.45. The van der Waals surface area contributed by atoms with Gasteiger partial charge >= 0.3 is 0 Å². The Labute approximate surface area is 118 Å². The lowest BCUT2D eigenvalue weighted by Gasteiger charge is -2.16. The molecule has 0 aliphatic heterocycles. The van der Waals surface area contributed by atoms with Crippen LogP contribution in [0.4, 0.5) is 5.82 Å². The molecule has 1 aliphatic rings. The first-order valence-electron chi connectivity index (χ1n) is 6.64. The van der Waals surface area contributed by atoms with Crippen LogP contribution >= 0.6 is 0 Å². The summed E-state index contributed by atoms with van der Waals surface area (Å²) >= 11 is 0. The molecule has 0 spiro atoms. The maximum Gasteiger partial charge on any atom is 0.243 e. The number of aromatic nitrogens is 1. The predicted molar refractivity (Wildman–Crippen MR) is 73.6 cm³/mol. The van der Waals surface area contributed by atoms with Crippen molar-refractivity contribution in [3.8, 4) is 0 Å². The van der Waals surface area contributed by atoms with Crippen molar-refractivity contribution in [3.05, 3.63) is 11.8 Å². The molecule has 1 amide bonds. The molecule has 0 saturated heterocycles. The zero-order valence-corrected chi connectivity index (χ0v) is 12.4. The summed E-state index contributed by atoms with van der Waals surface area (Å²) < 4.78 is 31.4. The van der Waals surface area contributed by atoms with Crippen LogP contribution < -0.4 is 10.0 Å². The third kappa shape index (κ3) is 3.57. The fraction of sp³-hybridized carbons (Fsp3) is 0.667. The van der Waals surface area contributed by atoms with Crippen LogP contribution in [0.25, 0.3) is 0 Å². The number of anilines is 1. The van der Waals surface area contributed by atoms with Gasteiger partial charge in [-0.2, -0.15) is 0 Å². The van der Waals surface area contributed by atoms with Crippen molar-refractivity contribution >= 4 is 21.7 Å². The van der Waals surface area contributed by atoms with Gasteiger partial charge in [-0.3, -0.25) is 4.79 Å². The Morgan fingerprint density at radius 2 is 2.10 bits per heavy atom. The van der Waals surface area contributed by atoms with Crippen LogP contribution in [0.1, 0.15) is 38.4 Å². The number of nitrogens with one attached hydrogen (secondary N) is 2. The van der Waals surface area contributed by atoms with Crippen LogP contribution in [0.3, 0.4) is 0 Å². The number of rotatable bonds is 5. The monoisotopic (exact) mass is 301 g/mol. The lowest BCUT2D eigenvalue weighted by Crippen LogP contribution is -2.44. The van der Waals surface area contributed by atoms with E-state index in [1.807, 2.05) is 0 Å². The molecule has 1 atom stereocenters. The van der Waals surface area contributed by atoms with Crippen LogP contribution in [-0.2, 0) is 14.8 Å². The van der Waals surface area contributed by atoms with Gasteiger partial charge in [0.2, 0.25) is 15.9 Å². The lowest BCUT2D eigenvalue weighted by molar-refractivity contribution is -0.117. The highest BCUT2D eigenvalue weighted by Crippen LogP contribution is 2.24. The third-order valence-corrected chi connectivity index (χ3v) is 5.39. The molecule has 0 bridgehead atoms. The second-order valence-corrected chi connectivity index (χ2v) is 7.10. The summed E-state index contributed by atoms with van der Waals surface area (Å²) in [4.78, 5) is 11.9. The highest BCUT2D eigenvalue weighted by molar-refractivity contribution is 7.90. The van der Waals surface area contributed by atoms with Crippen molar-refractivity contribution in [1.29, 1.82) is 0 Å². The lowest BCUT2D eigenvalue weighted by atomic mass is 10.3. The molecular formula is C12H19N3O4S. The Bertz CT molecular complexity index is 575. The van der Waals surface area contributed by atoms with Crippen molar-refractivity contribution in [1.82, 2.24) is 9.88 Å². The van der Waals surface area contributed by atoms with Crippen LogP contribution in [0.15, 0.2) is 10.6 Å². The normalized spacial score (nSPS) is 18.1. The molecule has 1 heterocycles. The fourth-order valence-corrected chi connectivity index (χ4v) is 4.00. The smallest absolute Gasteiger partial charge is 0.243 e. The van der Waals surface area contributed by atoms with Gasteiger partial charge in [0.05, 0.1) is 11.3 Å². The summed E-state index contributed by atoms with van der Waals surface area (Å²) in [6.07, 6.45) is 3.16. The van der Waals surface area contributed by atoms with E-state index >= 15 is 0 Å². The fourth-order valence-electron chi connectivity index (χ4n) is 2.25. The Hall–Kier alpha value is -1.41. The Morgan fingerprint density at radius 1 is 1.45 bits per heavy atom. The molecule has 1 fully saturated rings. The van der Waals surface area contributed by atoms with Gasteiger partial charge in [0.15, 0.2) is 5.82 Å². The van der Waals surface area contributed by atoms with E-state index in [1.165, 1.54) is 6.92 Å². The van der Waals surface area contributed by atoms with Crippen molar-refractivity contribution in [3.63, 3.8) is 0 Å². The molecule has 7 nitrogen and oxygen atoms in total. The van der Waals surface area contributed by atoms with Crippen molar-refractivity contribution < 1.29 is 17.7 Å². The largest absolute Gasteiger partial charge is 0.360 e. The SMILES string of the molecule is Cc1cc(NC(=O)[C@H](C)NS(=O)(=O)C2CCCC2)no1. The van der Waals surface area contributed by atoms with E-state index in [-0.39, 0.29) is 11.1 Å². The third-order valence-electron chi connectivity index (χ3n) is 3.35. The van der Waals surface area contributed by atoms with Gasteiger partial charge < -0.3 is 9.84 Å². The summed E-state index contributed by atoms with van der Waals surface area (Å²) in [5.41, 5.74) is 0. The average Bonchev–Trinajstić information content (AvgIpc) is 3.00.